The number of methoxy groups -OCH3 is 1. The highest BCUT2D eigenvalue weighted by molar-refractivity contribution is 6.03. The number of hydrogen-bond donors (Lipinski definition) is 2. The van der Waals surface area contributed by atoms with E-state index in [2.05, 4.69) is 15.2 Å². The zero-order valence-electron chi connectivity index (χ0n) is 14.0. The Labute approximate surface area is 136 Å². The zero-order chi connectivity index (χ0) is 16.8. The Balaban J connectivity index is 1.85. The van der Waals surface area contributed by atoms with Gasteiger partial charge in [0.15, 0.2) is 5.78 Å². The molecule has 0 saturated carbocycles. The van der Waals surface area contributed by atoms with Crippen LogP contribution in [0.4, 0.5) is 0 Å². The van der Waals surface area contributed by atoms with Crippen molar-refractivity contribution in [2.45, 2.75) is 13.8 Å². The van der Waals surface area contributed by atoms with E-state index in [1.54, 1.807) is 13.8 Å². The second-order valence-electron chi connectivity index (χ2n) is 5.67. The molecule has 2 N–H and O–H groups in total. The summed E-state index contributed by atoms with van der Waals surface area (Å²) in [6.07, 6.45) is 0. The Bertz CT molecular complexity index is 562. The highest BCUT2D eigenvalue weighted by Crippen LogP contribution is 2.19. The van der Waals surface area contributed by atoms with E-state index in [0.717, 1.165) is 39.4 Å². The number of aromatic nitrogens is 1. The van der Waals surface area contributed by atoms with Gasteiger partial charge in [0.2, 0.25) is 0 Å². The van der Waals surface area contributed by atoms with Crippen molar-refractivity contribution < 1.29 is 19.1 Å². The van der Waals surface area contributed by atoms with Crippen molar-refractivity contribution in [1.82, 2.24) is 15.2 Å². The molecule has 23 heavy (non-hydrogen) atoms. The van der Waals surface area contributed by atoms with Crippen LogP contribution < -0.4 is 5.32 Å². The summed E-state index contributed by atoms with van der Waals surface area (Å²) in [5.41, 5.74) is 2.27. The van der Waals surface area contributed by atoms with Crippen LogP contribution in [-0.2, 0) is 9.47 Å². The van der Waals surface area contributed by atoms with E-state index in [1.807, 2.05) is 0 Å². The van der Waals surface area contributed by atoms with Crippen LogP contribution >= 0.6 is 0 Å². The lowest BCUT2D eigenvalue weighted by molar-refractivity contribution is 0.0384. The number of aromatic amines is 1. The van der Waals surface area contributed by atoms with Gasteiger partial charge in [-0.15, -0.1) is 0 Å². The van der Waals surface area contributed by atoms with E-state index in [0.29, 0.717) is 22.5 Å². The third-order valence-electron chi connectivity index (χ3n) is 4.10. The van der Waals surface area contributed by atoms with E-state index >= 15 is 0 Å². The summed E-state index contributed by atoms with van der Waals surface area (Å²) in [5, 5.41) is 3.18. The number of carbonyl (C=O) groups is 2. The fourth-order valence-electron chi connectivity index (χ4n) is 2.83. The van der Waals surface area contributed by atoms with Crippen molar-refractivity contribution >= 4 is 11.8 Å². The van der Waals surface area contributed by atoms with Crippen molar-refractivity contribution in [2.24, 2.45) is 0 Å². The first-order chi connectivity index (χ1) is 11.0. The summed E-state index contributed by atoms with van der Waals surface area (Å²) in [6.45, 7) is 8.88. The van der Waals surface area contributed by atoms with E-state index in [1.165, 1.54) is 7.11 Å². The number of H-pyrrole nitrogens is 1. The van der Waals surface area contributed by atoms with Crippen LogP contribution in [0.3, 0.4) is 0 Å². The minimum Gasteiger partial charge on any atom is -0.464 e. The number of ketones is 1. The largest absolute Gasteiger partial charge is 0.464 e. The molecule has 1 aromatic rings. The predicted octanol–water partition coefficient (Wildman–Crippen LogP) is 0.523. The van der Waals surface area contributed by atoms with Crippen molar-refractivity contribution in [2.75, 3.05) is 53.0 Å². The topological polar surface area (TPSA) is 83.7 Å². The second kappa shape index (κ2) is 8.24. The minimum absolute atomic E-state index is 0.0200. The Morgan fingerprint density at radius 2 is 2.00 bits per heavy atom. The fourth-order valence-corrected chi connectivity index (χ4v) is 2.83. The van der Waals surface area contributed by atoms with Crippen molar-refractivity contribution in [3.8, 4) is 0 Å². The zero-order valence-corrected chi connectivity index (χ0v) is 14.0. The average Bonchev–Trinajstić information content (AvgIpc) is 2.86. The number of esters is 1. The number of nitrogens with one attached hydrogen (secondary N) is 2. The molecule has 0 amide bonds. The van der Waals surface area contributed by atoms with Gasteiger partial charge in [-0.1, -0.05) is 0 Å². The van der Waals surface area contributed by atoms with E-state index in [9.17, 15) is 9.59 Å². The van der Waals surface area contributed by atoms with Crippen molar-refractivity contribution in [3.63, 3.8) is 0 Å². The molecule has 1 fully saturated rings. The summed E-state index contributed by atoms with van der Waals surface area (Å²) >= 11 is 0. The molecule has 0 unspecified atom stereocenters. The number of nitrogens with zero attached hydrogens (tertiary/aromatic N) is 1. The molecule has 0 bridgehead atoms. The molecule has 0 aromatic carbocycles. The van der Waals surface area contributed by atoms with Crippen LogP contribution in [0.5, 0.6) is 0 Å². The van der Waals surface area contributed by atoms with E-state index in [4.69, 9.17) is 9.47 Å². The monoisotopic (exact) mass is 323 g/mol. The van der Waals surface area contributed by atoms with Crippen molar-refractivity contribution in [3.05, 3.63) is 22.5 Å². The molecule has 1 aliphatic rings. The third kappa shape index (κ3) is 4.40. The maximum Gasteiger partial charge on any atom is 0.354 e. The Morgan fingerprint density at radius 3 is 2.65 bits per heavy atom. The molecule has 0 spiro atoms. The lowest BCUT2D eigenvalue weighted by Crippen LogP contribution is -2.41. The lowest BCUT2D eigenvalue weighted by Gasteiger charge is -2.26. The number of hydrogen-bond acceptors (Lipinski definition) is 6. The summed E-state index contributed by atoms with van der Waals surface area (Å²) in [4.78, 5) is 29.3. The number of rotatable bonds is 7. The molecule has 0 atom stereocenters. The third-order valence-corrected chi connectivity index (χ3v) is 4.10. The highest BCUT2D eigenvalue weighted by Gasteiger charge is 2.22. The smallest absolute Gasteiger partial charge is 0.354 e. The Hall–Kier alpha value is -1.70. The van der Waals surface area contributed by atoms with Gasteiger partial charge in [0.1, 0.15) is 5.69 Å². The first kappa shape index (κ1) is 17.7. The van der Waals surface area contributed by atoms with Crippen LogP contribution in [0.15, 0.2) is 0 Å². The molecule has 1 aromatic heterocycles. The lowest BCUT2D eigenvalue weighted by atomic mass is 10.1. The molecule has 1 aliphatic heterocycles. The Kier molecular flexibility index (Phi) is 6.32. The average molecular weight is 323 g/mol. The number of carbonyl (C=O) groups excluding carboxylic acids is 2. The SMILES string of the molecule is COC(=O)c1[nH]c(C)c(C(=O)CNCCN2CCOCC2)c1C. The van der Waals surface area contributed by atoms with Gasteiger partial charge in [0.05, 0.1) is 26.9 Å². The fraction of sp³-hybridized carbons (Fsp3) is 0.625. The standard InChI is InChI=1S/C16H25N3O4/c1-11-14(12(2)18-15(11)16(21)22-3)13(20)10-17-4-5-19-6-8-23-9-7-19/h17-18H,4-10H2,1-3H3. The second-order valence-corrected chi connectivity index (χ2v) is 5.67. The van der Waals surface area contributed by atoms with Crippen LogP contribution in [0.25, 0.3) is 0 Å². The van der Waals surface area contributed by atoms with Gasteiger partial charge in [0, 0.05) is 37.4 Å². The van der Waals surface area contributed by atoms with Gasteiger partial charge in [0.25, 0.3) is 0 Å². The van der Waals surface area contributed by atoms with Crippen LogP contribution in [0, 0.1) is 13.8 Å². The summed E-state index contributed by atoms with van der Waals surface area (Å²) in [6, 6.07) is 0. The molecular formula is C16H25N3O4. The number of morpholine rings is 1. The van der Waals surface area contributed by atoms with Gasteiger partial charge < -0.3 is 19.8 Å². The first-order valence-corrected chi connectivity index (χ1v) is 7.86. The van der Waals surface area contributed by atoms with Crippen LogP contribution in [0.2, 0.25) is 0 Å². The molecular weight excluding hydrogens is 298 g/mol. The number of aryl methyl sites for hydroxylation is 1. The molecule has 0 aliphatic carbocycles. The van der Waals surface area contributed by atoms with Gasteiger partial charge >= 0.3 is 5.97 Å². The highest BCUT2D eigenvalue weighted by atomic mass is 16.5. The van der Waals surface area contributed by atoms with Gasteiger partial charge in [-0.2, -0.15) is 0 Å². The maximum absolute atomic E-state index is 12.4. The van der Waals surface area contributed by atoms with Gasteiger partial charge in [-0.3, -0.25) is 9.69 Å². The van der Waals surface area contributed by atoms with Gasteiger partial charge in [-0.05, 0) is 19.4 Å². The van der Waals surface area contributed by atoms with E-state index < -0.39 is 5.97 Å². The van der Waals surface area contributed by atoms with Crippen LogP contribution in [-0.4, -0.2) is 74.7 Å². The molecule has 7 heteroatoms. The quantitative estimate of drug-likeness (QED) is 0.432. The summed E-state index contributed by atoms with van der Waals surface area (Å²) < 4.78 is 10.0. The molecule has 7 nitrogen and oxygen atoms in total. The Morgan fingerprint density at radius 1 is 1.30 bits per heavy atom. The molecule has 128 valence electrons. The molecule has 2 heterocycles. The maximum atomic E-state index is 12.4. The van der Waals surface area contributed by atoms with Crippen LogP contribution in [0.1, 0.15) is 32.1 Å². The minimum atomic E-state index is -0.454. The summed E-state index contributed by atoms with van der Waals surface area (Å²) in [7, 11) is 1.33. The van der Waals surface area contributed by atoms with Gasteiger partial charge in [-0.25, -0.2) is 4.79 Å². The first-order valence-electron chi connectivity index (χ1n) is 7.86. The predicted molar refractivity (Wildman–Crippen MR) is 86.1 cm³/mol. The molecule has 0 radical (unpaired) electrons. The molecule has 2 rings (SSSR count). The van der Waals surface area contributed by atoms with E-state index in [-0.39, 0.29) is 12.3 Å². The number of Topliss-reactive ketones (excluding diaryl/α,β-unsaturated/α-hetero) is 1. The van der Waals surface area contributed by atoms with Crippen molar-refractivity contribution in [1.29, 1.82) is 0 Å². The number of ether oxygens (including phenoxy) is 2. The summed E-state index contributed by atoms with van der Waals surface area (Å²) in [5.74, 6) is -0.474. The molecule has 1 saturated heterocycles. The normalized spacial score (nSPS) is 15.6.